The summed E-state index contributed by atoms with van der Waals surface area (Å²) in [5.74, 6) is -1.40. The van der Waals surface area contributed by atoms with Gasteiger partial charge < -0.3 is 5.11 Å². The van der Waals surface area contributed by atoms with E-state index in [-0.39, 0.29) is 0 Å². The maximum absolute atomic E-state index is 13.3. The van der Waals surface area contributed by atoms with Crippen LogP contribution < -0.4 is 0 Å². The molecule has 2 bridgehead atoms. The van der Waals surface area contributed by atoms with E-state index < -0.39 is 23.6 Å². The van der Waals surface area contributed by atoms with E-state index in [2.05, 4.69) is 4.90 Å². The normalized spacial score (nSPS) is 33.9. The van der Waals surface area contributed by atoms with E-state index >= 15 is 0 Å². The van der Waals surface area contributed by atoms with Gasteiger partial charge in [-0.05, 0) is 18.4 Å². The number of benzene rings is 1. The molecule has 0 amide bonds. The van der Waals surface area contributed by atoms with E-state index in [9.17, 15) is 18.3 Å². The molecular formula is C16H20F3NO. The van der Waals surface area contributed by atoms with E-state index in [1.165, 1.54) is 0 Å². The van der Waals surface area contributed by atoms with Crippen LogP contribution in [-0.4, -0.2) is 34.9 Å². The first kappa shape index (κ1) is 14.9. The largest absolute Gasteiger partial charge is 0.417 e. The van der Waals surface area contributed by atoms with Gasteiger partial charge in [-0.2, -0.15) is 13.2 Å². The van der Waals surface area contributed by atoms with Crippen molar-refractivity contribution in [3.8, 4) is 0 Å². The van der Waals surface area contributed by atoms with Gasteiger partial charge in [-0.15, -0.1) is 0 Å². The molecule has 21 heavy (non-hydrogen) atoms. The summed E-state index contributed by atoms with van der Waals surface area (Å²) < 4.78 is 40.0. The minimum Gasteiger partial charge on any atom is -0.380 e. The second kappa shape index (κ2) is 5.29. The number of aliphatic hydroxyl groups is 1. The van der Waals surface area contributed by atoms with Gasteiger partial charge in [-0.25, -0.2) is 0 Å². The number of piperidine rings is 1. The molecule has 2 atom stereocenters. The number of halogens is 3. The summed E-state index contributed by atoms with van der Waals surface area (Å²) in [6, 6.07) is 9.77. The molecule has 116 valence electrons. The Kier molecular flexibility index (Phi) is 3.74. The van der Waals surface area contributed by atoms with Crippen molar-refractivity contribution in [2.75, 3.05) is 13.1 Å². The summed E-state index contributed by atoms with van der Waals surface area (Å²) in [5.41, 5.74) is -1.38. The summed E-state index contributed by atoms with van der Waals surface area (Å²) in [4.78, 5) is 2.06. The summed E-state index contributed by atoms with van der Waals surface area (Å²) in [5, 5.41) is 10.3. The molecule has 0 spiro atoms. The SMILES string of the molecule is OC1(C(F)(F)F)[C@@H]2CCC[C@@H]1CN(Cc1ccccc1)C2. The van der Waals surface area contributed by atoms with E-state index in [4.69, 9.17) is 0 Å². The first-order valence-corrected chi connectivity index (χ1v) is 7.46. The topological polar surface area (TPSA) is 23.5 Å². The zero-order valence-electron chi connectivity index (χ0n) is 11.8. The molecule has 0 radical (unpaired) electrons. The monoisotopic (exact) mass is 299 g/mol. The van der Waals surface area contributed by atoms with Crippen LogP contribution in [0.3, 0.4) is 0 Å². The zero-order valence-corrected chi connectivity index (χ0v) is 11.8. The molecule has 1 saturated carbocycles. The average Bonchev–Trinajstić information content (AvgIpc) is 2.40. The van der Waals surface area contributed by atoms with Crippen LogP contribution in [-0.2, 0) is 6.54 Å². The third kappa shape index (κ3) is 2.57. The fourth-order valence-corrected chi connectivity index (χ4v) is 3.98. The zero-order chi connectivity index (χ0) is 15.1. The van der Waals surface area contributed by atoms with Crippen LogP contribution in [0.2, 0.25) is 0 Å². The van der Waals surface area contributed by atoms with Gasteiger partial charge in [0.05, 0.1) is 0 Å². The van der Waals surface area contributed by atoms with Crippen molar-refractivity contribution in [2.24, 2.45) is 11.8 Å². The van der Waals surface area contributed by atoms with Crippen molar-refractivity contribution >= 4 is 0 Å². The van der Waals surface area contributed by atoms with Gasteiger partial charge in [-0.3, -0.25) is 4.90 Å². The molecule has 1 aliphatic heterocycles. The molecule has 1 saturated heterocycles. The predicted molar refractivity (Wildman–Crippen MR) is 73.6 cm³/mol. The molecular weight excluding hydrogens is 279 g/mol. The number of alkyl halides is 3. The lowest BCUT2D eigenvalue weighted by atomic mass is 9.65. The molecule has 2 nitrogen and oxygen atoms in total. The van der Waals surface area contributed by atoms with Crippen molar-refractivity contribution < 1.29 is 18.3 Å². The van der Waals surface area contributed by atoms with Gasteiger partial charge in [0.25, 0.3) is 0 Å². The highest BCUT2D eigenvalue weighted by Crippen LogP contribution is 2.51. The van der Waals surface area contributed by atoms with E-state index in [0.717, 1.165) is 12.0 Å². The Morgan fingerprint density at radius 3 is 2.19 bits per heavy atom. The van der Waals surface area contributed by atoms with Crippen molar-refractivity contribution in [3.05, 3.63) is 35.9 Å². The number of rotatable bonds is 2. The van der Waals surface area contributed by atoms with E-state index in [0.29, 0.717) is 32.5 Å². The van der Waals surface area contributed by atoms with Crippen molar-refractivity contribution in [1.29, 1.82) is 0 Å². The van der Waals surface area contributed by atoms with Gasteiger partial charge >= 0.3 is 6.18 Å². The number of hydrogen-bond donors (Lipinski definition) is 1. The lowest BCUT2D eigenvalue weighted by Crippen LogP contribution is -2.66. The van der Waals surface area contributed by atoms with Gasteiger partial charge in [0.1, 0.15) is 0 Å². The van der Waals surface area contributed by atoms with Crippen LogP contribution in [0.5, 0.6) is 0 Å². The quantitative estimate of drug-likeness (QED) is 0.906. The van der Waals surface area contributed by atoms with Crippen LogP contribution in [0.4, 0.5) is 13.2 Å². The molecule has 1 N–H and O–H groups in total. The van der Waals surface area contributed by atoms with Gasteiger partial charge in [0.15, 0.2) is 5.60 Å². The Balaban J connectivity index is 1.78. The molecule has 1 aromatic rings. The maximum Gasteiger partial charge on any atom is 0.417 e. The number of hydrogen-bond acceptors (Lipinski definition) is 2. The summed E-state index contributed by atoms with van der Waals surface area (Å²) in [7, 11) is 0. The second-order valence-corrected chi connectivity index (χ2v) is 6.33. The number of fused-ring (bicyclic) bond motifs is 2. The third-order valence-corrected chi connectivity index (χ3v) is 5.01. The van der Waals surface area contributed by atoms with E-state index in [1.807, 2.05) is 30.3 Å². The Labute approximate surface area is 122 Å². The second-order valence-electron chi connectivity index (χ2n) is 6.33. The van der Waals surface area contributed by atoms with Crippen LogP contribution in [0.25, 0.3) is 0 Å². The van der Waals surface area contributed by atoms with Gasteiger partial charge in [0.2, 0.25) is 0 Å². The molecule has 0 unspecified atom stereocenters. The molecule has 1 aromatic carbocycles. The average molecular weight is 299 g/mol. The minimum atomic E-state index is -4.53. The van der Waals surface area contributed by atoms with Gasteiger partial charge in [-0.1, -0.05) is 36.8 Å². The predicted octanol–water partition coefficient (Wildman–Crippen LogP) is 3.21. The van der Waals surface area contributed by atoms with Crippen molar-refractivity contribution in [2.45, 2.75) is 37.6 Å². The fraction of sp³-hybridized carbons (Fsp3) is 0.625. The van der Waals surface area contributed by atoms with Crippen LogP contribution >= 0.6 is 0 Å². The first-order valence-electron chi connectivity index (χ1n) is 7.46. The third-order valence-electron chi connectivity index (χ3n) is 5.01. The van der Waals surface area contributed by atoms with E-state index in [1.54, 1.807) is 0 Å². The summed E-state index contributed by atoms with van der Waals surface area (Å²) in [6.07, 6.45) is -2.83. The lowest BCUT2D eigenvalue weighted by molar-refractivity contribution is -0.320. The summed E-state index contributed by atoms with van der Waals surface area (Å²) >= 11 is 0. The van der Waals surface area contributed by atoms with Crippen LogP contribution in [0.1, 0.15) is 24.8 Å². The standard InChI is InChI=1S/C16H20F3NO/c17-16(18,19)15(21)13-7-4-8-14(15)11-20(10-13)9-12-5-2-1-3-6-12/h1-3,5-6,13-14,21H,4,7-11H2/t13-,14-/m1/s1. The number of likely N-dealkylation sites (tertiary alicyclic amines) is 1. The lowest BCUT2D eigenvalue weighted by Gasteiger charge is -2.53. The van der Waals surface area contributed by atoms with Crippen LogP contribution in [0, 0.1) is 11.8 Å². The summed E-state index contributed by atoms with van der Waals surface area (Å²) in [6.45, 7) is 1.30. The molecule has 3 rings (SSSR count). The highest BCUT2D eigenvalue weighted by Gasteiger charge is 2.65. The Hall–Kier alpha value is -1.07. The van der Waals surface area contributed by atoms with Gasteiger partial charge in [0, 0.05) is 31.5 Å². The molecule has 5 heteroatoms. The van der Waals surface area contributed by atoms with Crippen LogP contribution in [0.15, 0.2) is 30.3 Å². The first-order chi connectivity index (χ1) is 9.91. The number of nitrogens with zero attached hydrogens (tertiary/aromatic N) is 1. The molecule has 1 aliphatic carbocycles. The fourth-order valence-electron chi connectivity index (χ4n) is 3.98. The minimum absolute atomic E-state index is 0.321. The Morgan fingerprint density at radius 1 is 1.10 bits per heavy atom. The molecule has 2 aliphatic rings. The Bertz CT molecular complexity index is 474. The van der Waals surface area contributed by atoms with Crippen molar-refractivity contribution in [3.63, 3.8) is 0 Å². The maximum atomic E-state index is 13.3. The molecule has 1 heterocycles. The van der Waals surface area contributed by atoms with Crippen molar-refractivity contribution in [1.82, 2.24) is 4.90 Å². The molecule has 0 aromatic heterocycles. The molecule has 2 fully saturated rings. The highest BCUT2D eigenvalue weighted by molar-refractivity contribution is 5.15. The smallest absolute Gasteiger partial charge is 0.380 e. The Morgan fingerprint density at radius 2 is 1.67 bits per heavy atom. The highest BCUT2D eigenvalue weighted by atomic mass is 19.4.